The SMILES string of the molecule is C#CCOc1ccc(S(=O)(=O)N(C)c2c(C)cc(Br)cc2C(=O)OC)cc1. The molecule has 8 heteroatoms. The summed E-state index contributed by atoms with van der Waals surface area (Å²) in [6.07, 6.45) is 5.14. The van der Waals surface area contributed by atoms with Gasteiger partial charge in [-0.3, -0.25) is 4.31 Å². The fraction of sp³-hybridized carbons (Fsp3) is 0.211. The first-order valence-electron chi connectivity index (χ1n) is 7.76. The summed E-state index contributed by atoms with van der Waals surface area (Å²) in [7, 11) is -1.28. The fourth-order valence-electron chi connectivity index (χ4n) is 2.53. The van der Waals surface area contributed by atoms with Gasteiger partial charge in [0.05, 0.1) is 23.3 Å². The molecule has 0 saturated heterocycles. The second-order valence-corrected chi connectivity index (χ2v) is 8.43. The number of rotatable bonds is 6. The van der Waals surface area contributed by atoms with E-state index in [-0.39, 0.29) is 22.8 Å². The zero-order valence-corrected chi connectivity index (χ0v) is 17.4. The van der Waals surface area contributed by atoms with Gasteiger partial charge in [0.25, 0.3) is 10.0 Å². The number of nitrogens with zero attached hydrogens (tertiary/aromatic N) is 1. The predicted octanol–water partition coefficient (Wildman–Crippen LogP) is 3.38. The van der Waals surface area contributed by atoms with Crippen molar-refractivity contribution in [3.05, 3.63) is 52.0 Å². The minimum Gasteiger partial charge on any atom is -0.481 e. The quantitative estimate of drug-likeness (QED) is 0.497. The predicted molar refractivity (Wildman–Crippen MR) is 107 cm³/mol. The van der Waals surface area contributed by atoms with E-state index >= 15 is 0 Å². The zero-order chi connectivity index (χ0) is 20.2. The van der Waals surface area contributed by atoms with Gasteiger partial charge in [-0.1, -0.05) is 21.9 Å². The topological polar surface area (TPSA) is 72.9 Å². The van der Waals surface area contributed by atoms with Crippen LogP contribution in [-0.4, -0.2) is 35.2 Å². The van der Waals surface area contributed by atoms with E-state index in [1.807, 2.05) is 0 Å². The number of hydrogen-bond donors (Lipinski definition) is 0. The molecular weight excluding hydrogens is 434 g/mol. The van der Waals surface area contributed by atoms with Crippen molar-refractivity contribution in [1.82, 2.24) is 0 Å². The molecule has 142 valence electrons. The van der Waals surface area contributed by atoms with Crippen LogP contribution in [0, 0.1) is 19.3 Å². The van der Waals surface area contributed by atoms with Gasteiger partial charge in [0.2, 0.25) is 0 Å². The van der Waals surface area contributed by atoms with Crippen molar-refractivity contribution in [2.45, 2.75) is 11.8 Å². The third kappa shape index (κ3) is 4.43. The Balaban J connectivity index is 2.49. The highest BCUT2D eigenvalue weighted by atomic mass is 79.9. The highest BCUT2D eigenvalue weighted by molar-refractivity contribution is 9.10. The Bertz CT molecular complexity index is 994. The summed E-state index contributed by atoms with van der Waals surface area (Å²) in [6.45, 7) is 1.81. The highest BCUT2D eigenvalue weighted by Gasteiger charge is 2.27. The monoisotopic (exact) mass is 451 g/mol. The highest BCUT2D eigenvalue weighted by Crippen LogP contribution is 2.32. The van der Waals surface area contributed by atoms with E-state index in [9.17, 15) is 13.2 Å². The maximum Gasteiger partial charge on any atom is 0.340 e. The first-order valence-corrected chi connectivity index (χ1v) is 9.99. The van der Waals surface area contributed by atoms with Crippen LogP contribution in [0.4, 0.5) is 5.69 Å². The summed E-state index contributed by atoms with van der Waals surface area (Å²) in [4.78, 5) is 12.2. The normalized spacial score (nSPS) is 10.8. The van der Waals surface area contributed by atoms with Crippen molar-refractivity contribution >= 4 is 37.6 Å². The number of carbonyl (C=O) groups is 1. The van der Waals surface area contributed by atoms with Crippen LogP contribution in [0.2, 0.25) is 0 Å². The molecule has 0 spiro atoms. The van der Waals surface area contributed by atoms with Crippen LogP contribution in [0.5, 0.6) is 5.75 Å². The Hall–Kier alpha value is -2.50. The lowest BCUT2D eigenvalue weighted by molar-refractivity contribution is 0.0601. The molecule has 2 aromatic carbocycles. The summed E-state index contributed by atoms with van der Waals surface area (Å²) in [5.41, 5.74) is 0.993. The van der Waals surface area contributed by atoms with Crippen molar-refractivity contribution in [1.29, 1.82) is 0 Å². The molecule has 0 atom stereocenters. The number of hydrogen-bond acceptors (Lipinski definition) is 5. The van der Waals surface area contributed by atoms with E-state index in [4.69, 9.17) is 15.9 Å². The van der Waals surface area contributed by atoms with Crippen LogP contribution < -0.4 is 9.04 Å². The minimum atomic E-state index is -3.91. The van der Waals surface area contributed by atoms with Crippen molar-refractivity contribution < 1.29 is 22.7 Å². The van der Waals surface area contributed by atoms with Gasteiger partial charge in [0, 0.05) is 11.5 Å². The molecule has 27 heavy (non-hydrogen) atoms. The molecule has 0 aromatic heterocycles. The molecule has 2 rings (SSSR count). The molecule has 6 nitrogen and oxygen atoms in total. The Morgan fingerprint density at radius 1 is 1.26 bits per heavy atom. The van der Waals surface area contributed by atoms with E-state index in [1.165, 1.54) is 44.5 Å². The van der Waals surface area contributed by atoms with Crippen LogP contribution in [0.1, 0.15) is 15.9 Å². The molecule has 0 aliphatic carbocycles. The standard InChI is InChI=1S/C19H18BrNO5S/c1-5-10-26-15-6-8-16(9-7-15)27(23,24)21(3)18-13(2)11-14(20)12-17(18)19(22)25-4/h1,6-9,11-12H,10H2,2-4H3. The number of anilines is 1. The second kappa shape index (κ2) is 8.46. The van der Waals surface area contributed by atoms with Gasteiger partial charge in [0.15, 0.2) is 0 Å². The molecule has 0 saturated carbocycles. The summed E-state index contributed by atoms with van der Waals surface area (Å²) < 4.78 is 37.9. The van der Waals surface area contributed by atoms with E-state index in [2.05, 4.69) is 21.9 Å². The third-order valence-electron chi connectivity index (χ3n) is 3.79. The lowest BCUT2D eigenvalue weighted by atomic mass is 10.1. The van der Waals surface area contributed by atoms with Gasteiger partial charge < -0.3 is 9.47 Å². The van der Waals surface area contributed by atoms with Gasteiger partial charge >= 0.3 is 5.97 Å². The Morgan fingerprint density at radius 3 is 2.44 bits per heavy atom. The number of carbonyl (C=O) groups excluding carboxylic acids is 1. The van der Waals surface area contributed by atoms with Crippen molar-refractivity contribution in [2.75, 3.05) is 25.1 Å². The maximum atomic E-state index is 13.0. The van der Waals surface area contributed by atoms with Crippen LogP contribution in [0.25, 0.3) is 0 Å². The molecule has 0 fully saturated rings. The summed E-state index contributed by atoms with van der Waals surface area (Å²) in [5.74, 6) is 2.17. The first-order chi connectivity index (χ1) is 12.7. The van der Waals surface area contributed by atoms with E-state index < -0.39 is 16.0 Å². The minimum absolute atomic E-state index is 0.0520. The molecule has 0 aliphatic rings. The van der Waals surface area contributed by atoms with Gasteiger partial charge in [0.1, 0.15) is 12.4 Å². The smallest absolute Gasteiger partial charge is 0.340 e. The largest absolute Gasteiger partial charge is 0.481 e. The van der Waals surface area contributed by atoms with E-state index in [0.29, 0.717) is 15.8 Å². The number of halogens is 1. The molecule has 0 aliphatic heterocycles. The van der Waals surface area contributed by atoms with Gasteiger partial charge in [-0.25, -0.2) is 13.2 Å². The molecule has 0 amide bonds. The Morgan fingerprint density at radius 2 is 1.89 bits per heavy atom. The van der Waals surface area contributed by atoms with Crippen molar-refractivity contribution in [3.8, 4) is 18.1 Å². The van der Waals surface area contributed by atoms with Crippen molar-refractivity contribution in [3.63, 3.8) is 0 Å². The number of methoxy groups -OCH3 is 1. The summed E-state index contributed by atoms with van der Waals surface area (Å²) >= 11 is 3.31. The number of aryl methyl sites for hydroxylation is 1. The zero-order valence-electron chi connectivity index (χ0n) is 15.0. The number of ether oxygens (including phenoxy) is 2. The molecule has 0 unspecified atom stereocenters. The fourth-order valence-corrected chi connectivity index (χ4v) is 4.38. The lowest BCUT2D eigenvalue weighted by Gasteiger charge is -2.24. The van der Waals surface area contributed by atoms with Crippen LogP contribution in [0.15, 0.2) is 45.8 Å². The molecule has 0 N–H and O–H groups in total. The molecule has 0 bridgehead atoms. The maximum absolute atomic E-state index is 13.0. The Kier molecular flexibility index (Phi) is 6.52. The van der Waals surface area contributed by atoms with Gasteiger partial charge in [-0.05, 0) is 48.9 Å². The van der Waals surface area contributed by atoms with Crippen LogP contribution >= 0.6 is 15.9 Å². The first kappa shape index (κ1) is 20.8. The van der Waals surface area contributed by atoms with Gasteiger partial charge in [-0.15, -0.1) is 6.42 Å². The molecule has 0 radical (unpaired) electrons. The van der Waals surface area contributed by atoms with Gasteiger partial charge in [-0.2, -0.15) is 0 Å². The average molecular weight is 452 g/mol. The second-order valence-electron chi connectivity index (χ2n) is 5.55. The number of benzene rings is 2. The lowest BCUT2D eigenvalue weighted by Crippen LogP contribution is -2.29. The summed E-state index contributed by atoms with van der Waals surface area (Å²) in [5, 5.41) is 0. The summed E-state index contributed by atoms with van der Waals surface area (Å²) in [6, 6.07) is 9.14. The van der Waals surface area contributed by atoms with E-state index in [1.54, 1.807) is 13.0 Å². The van der Waals surface area contributed by atoms with Crippen LogP contribution in [-0.2, 0) is 14.8 Å². The third-order valence-corrected chi connectivity index (χ3v) is 6.02. The molecule has 0 heterocycles. The van der Waals surface area contributed by atoms with E-state index in [0.717, 1.165) is 4.31 Å². The number of sulfonamides is 1. The number of esters is 1. The number of terminal acetylenes is 1. The Labute approximate surface area is 167 Å². The molecule has 2 aromatic rings. The molecular formula is C19H18BrNO5S. The average Bonchev–Trinajstić information content (AvgIpc) is 2.64. The van der Waals surface area contributed by atoms with Crippen molar-refractivity contribution in [2.24, 2.45) is 0 Å². The van der Waals surface area contributed by atoms with Crippen LogP contribution in [0.3, 0.4) is 0 Å².